The van der Waals surface area contributed by atoms with Gasteiger partial charge in [-0.2, -0.15) is 0 Å². The summed E-state index contributed by atoms with van der Waals surface area (Å²) in [5, 5.41) is 10.9. The minimum atomic E-state index is -1.06. The second-order valence-corrected chi connectivity index (χ2v) is 6.19. The SMILES string of the molecule is CC(C)Oc1cccc(C(C)(O)c2cccc(Br)c2)c1. The summed E-state index contributed by atoms with van der Waals surface area (Å²) in [4.78, 5) is 0. The van der Waals surface area contributed by atoms with Crippen LogP contribution in [0.1, 0.15) is 31.9 Å². The topological polar surface area (TPSA) is 29.5 Å². The zero-order valence-corrected chi connectivity index (χ0v) is 13.5. The molecule has 0 saturated carbocycles. The number of ether oxygens (including phenoxy) is 1. The van der Waals surface area contributed by atoms with Crippen LogP contribution in [0.3, 0.4) is 0 Å². The molecule has 2 rings (SSSR count). The molecule has 20 heavy (non-hydrogen) atoms. The third kappa shape index (κ3) is 3.41. The first kappa shape index (κ1) is 15.1. The van der Waals surface area contributed by atoms with E-state index < -0.39 is 5.60 Å². The van der Waals surface area contributed by atoms with Gasteiger partial charge in [0.15, 0.2) is 0 Å². The molecular weight excluding hydrogens is 316 g/mol. The van der Waals surface area contributed by atoms with Crippen LogP contribution in [0.25, 0.3) is 0 Å². The van der Waals surface area contributed by atoms with Gasteiger partial charge in [0.1, 0.15) is 11.4 Å². The summed E-state index contributed by atoms with van der Waals surface area (Å²) in [6.45, 7) is 5.77. The van der Waals surface area contributed by atoms with Crippen LogP contribution in [0.2, 0.25) is 0 Å². The smallest absolute Gasteiger partial charge is 0.120 e. The second kappa shape index (κ2) is 5.98. The molecule has 2 aromatic carbocycles. The third-order valence-electron chi connectivity index (χ3n) is 3.15. The summed E-state index contributed by atoms with van der Waals surface area (Å²) in [6.07, 6.45) is 0.112. The highest BCUT2D eigenvalue weighted by molar-refractivity contribution is 9.10. The Morgan fingerprint density at radius 1 is 1.05 bits per heavy atom. The molecule has 0 saturated heterocycles. The Hall–Kier alpha value is -1.32. The van der Waals surface area contributed by atoms with Crippen molar-refractivity contribution in [1.29, 1.82) is 0 Å². The van der Waals surface area contributed by atoms with Crippen LogP contribution in [-0.2, 0) is 5.60 Å². The van der Waals surface area contributed by atoms with Crippen molar-refractivity contribution in [2.75, 3.05) is 0 Å². The van der Waals surface area contributed by atoms with Gasteiger partial charge < -0.3 is 9.84 Å². The Balaban J connectivity index is 2.38. The van der Waals surface area contributed by atoms with Crippen LogP contribution in [0.4, 0.5) is 0 Å². The molecule has 0 amide bonds. The van der Waals surface area contributed by atoms with Crippen LogP contribution in [-0.4, -0.2) is 11.2 Å². The molecule has 106 valence electrons. The van der Waals surface area contributed by atoms with E-state index in [9.17, 15) is 5.11 Å². The lowest BCUT2D eigenvalue weighted by atomic mass is 9.88. The molecule has 0 heterocycles. The zero-order valence-electron chi connectivity index (χ0n) is 11.9. The summed E-state index contributed by atoms with van der Waals surface area (Å²) >= 11 is 3.44. The Bertz CT molecular complexity index is 591. The van der Waals surface area contributed by atoms with E-state index in [4.69, 9.17) is 4.74 Å². The predicted octanol–water partition coefficient (Wildman–Crippen LogP) is 4.49. The monoisotopic (exact) mass is 334 g/mol. The van der Waals surface area contributed by atoms with Gasteiger partial charge in [-0.05, 0) is 56.2 Å². The third-order valence-corrected chi connectivity index (χ3v) is 3.65. The van der Waals surface area contributed by atoms with Crippen LogP contribution in [0, 0.1) is 0 Å². The van der Waals surface area contributed by atoms with E-state index in [1.807, 2.05) is 62.4 Å². The number of hydrogen-bond donors (Lipinski definition) is 1. The van der Waals surface area contributed by atoms with Crippen LogP contribution < -0.4 is 4.74 Å². The van der Waals surface area contributed by atoms with Crippen molar-refractivity contribution < 1.29 is 9.84 Å². The van der Waals surface area contributed by atoms with Gasteiger partial charge in [-0.3, -0.25) is 0 Å². The van der Waals surface area contributed by atoms with Crippen molar-refractivity contribution in [3.63, 3.8) is 0 Å². The van der Waals surface area contributed by atoms with Crippen molar-refractivity contribution in [3.05, 3.63) is 64.1 Å². The number of benzene rings is 2. The molecule has 2 nitrogen and oxygen atoms in total. The highest BCUT2D eigenvalue weighted by Crippen LogP contribution is 2.32. The quantitative estimate of drug-likeness (QED) is 0.892. The maximum absolute atomic E-state index is 10.9. The first-order valence-corrected chi connectivity index (χ1v) is 7.44. The molecule has 0 aromatic heterocycles. The number of aliphatic hydroxyl groups is 1. The van der Waals surface area contributed by atoms with Crippen LogP contribution >= 0.6 is 15.9 Å². The van der Waals surface area contributed by atoms with Crippen molar-refractivity contribution in [2.45, 2.75) is 32.5 Å². The molecule has 3 heteroatoms. The average molecular weight is 335 g/mol. The maximum Gasteiger partial charge on any atom is 0.120 e. The van der Waals surface area contributed by atoms with Gasteiger partial charge in [0.2, 0.25) is 0 Å². The van der Waals surface area contributed by atoms with Crippen molar-refractivity contribution in [1.82, 2.24) is 0 Å². The highest BCUT2D eigenvalue weighted by atomic mass is 79.9. The van der Waals surface area contributed by atoms with Crippen molar-refractivity contribution >= 4 is 15.9 Å². The number of rotatable bonds is 4. The molecule has 1 unspecified atom stereocenters. The molecular formula is C17H19BrO2. The lowest BCUT2D eigenvalue weighted by molar-refractivity contribution is 0.102. The van der Waals surface area contributed by atoms with E-state index in [0.717, 1.165) is 21.3 Å². The predicted molar refractivity (Wildman–Crippen MR) is 85.0 cm³/mol. The summed E-state index contributed by atoms with van der Waals surface area (Å²) < 4.78 is 6.64. The lowest BCUT2D eigenvalue weighted by Gasteiger charge is -2.25. The van der Waals surface area contributed by atoms with Gasteiger partial charge in [-0.1, -0.05) is 40.2 Å². The van der Waals surface area contributed by atoms with E-state index in [1.54, 1.807) is 6.92 Å². The van der Waals surface area contributed by atoms with Gasteiger partial charge in [0, 0.05) is 4.47 Å². The maximum atomic E-state index is 10.9. The van der Waals surface area contributed by atoms with Gasteiger partial charge in [-0.25, -0.2) is 0 Å². The minimum absolute atomic E-state index is 0.112. The van der Waals surface area contributed by atoms with Crippen molar-refractivity contribution in [3.8, 4) is 5.75 Å². The summed E-state index contributed by atoms with van der Waals surface area (Å²) in [6, 6.07) is 15.3. The largest absolute Gasteiger partial charge is 0.491 e. The van der Waals surface area contributed by atoms with Crippen LogP contribution in [0.15, 0.2) is 53.0 Å². The average Bonchev–Trinajstić information content (AvgIpc) is 2.38. The summed E-state index contributed by atoms with van der Waals surface area (Å²) in [5.41, 5.74) is 0.600. The van der Waals surface area contributed by atoms with Crippen LogP contribution in [0.5, 0.6) is 5.75 Å². The standard InChI is InChI=1S/C17H19BrO2/c1-12(2)20-16-9-5-7-14(11-16)17(3,19)13-6-4-8-15(18)10-13/h4-12,19H,1-3H3. The molecule has 2 aromatic rings. The lowest BCUT2D eigenvalue weighted by Crippen LogP contribution is -2.22. The zero-order chi connectivity index (χ0) is 14.8. The first-order chi connectivity index (χ1) is 9.39. The normalized spacial score (nSPS) is 14.1. The molecule has 1 N–H and O–H groups in total. The van der Waals surface area contributed by atoms with E-state index in [1.165, 1.54) is 0 Å². The highest BCUT2D eigenvalue weighted by Gasteiger charge is 2.26. The van der Waals surface area contributed by atoms with Gasteiger partial charge in [-0.15, -0.1) is 0 Å². The van der Waals surface area contributed by atoms with E-state index in [2.05, 4.69) is 15.9 Å². The molecule has 0 aliphatic heterocycles. The minimum Gasteiger partial charge on any atom is -0.491 e. The fourth-order valence-electron chi connectivity index (χ4n) is 2.10. The van der Waals surface area contributed by atoms with Gasteiger partial charge in [0.05, 0.1) is 6.10 Å². The first-order valence-electron chi connectivity index (χ1n) is 6.65. The molecule has 0 aliphatic carbocycles. The Morgan fingerprint density at radius 2 is 1.65 bits per heavy atom. The number of hydrogen-bond acceptors (Lipinski definition) is 2. The Labute approximate surface area is 128 Å². The molecule has 0 radical (unpaired) electrons. The molecule has 0 aliphatic rings. The Kier molecular flexibility index (Phi) is 4.51. The van der Waals surface area contributed by atoms with Crippen molar-refractivity contribution in [2.24, 2.45) is 0 Å². The van der Waals surface area contributed by atoms with Gasteiger partial charge in [0.25, 0.3) is 0 Å². The summed E-state index contributed by atoms with van der Waals surface area (Å²) in [7, 11) is 0. The van der Waals surface area contributed by atoms with E-state index in [-0.39, 0.29) is 6.10 Å². The number of halogens is 1. The molecule has 0 bridgehead atoms. The second-order valence-electron chi connectivity index (χ2n) is 5.28. The van der Waals surface area contributed by atoms with Gasteiger partial charge >= 0.3 is 0 Å². The Morgan fingerprint density at radius 3 is 2.25 bits per heavy atom. The van der Waals surface area contributed by atoms with E-state index in [0.29, 0.717) is 0 Å². The molecule has 0 fully saturated rings. The molecule has 1 atom stereocenters. The molecule has 0 spiro atoms. The fourth-order valence-corrected chi connectivity index (χ4v) is 2.50. The van der Waals surface area contributed by atoms with E-state index >= 15 is 0 Å². The summed E-state index contributed by atoms with van der Waals surface area (Å²) in [5.74, 6) is 0.771. The fraction of sp³-hybridized carbons (Fsp3) is 0.294.